The lowest BCUT2D eigenvalue weighted by Crippen LogP contribution is -2.40. The van der Waals surface area contributed by atoms with E-state index in [1.165, 1.54) is 0 Å². The quantitative estimate of drug-likeness (QED) is 0.871. The number of anilines is 2. The molecule has 1 N–H and O–H groups in total. The number of benzene rings is 1. The zero-order chi connectivity index (χ0) is 13.0. The molecule has 0 radical (unpaired) electrons. The highest BCUT2D eigenvalue weighted by Crippen LogP contribution is 2.31. The van der Waals surface area contributed by atoms with Crippen LogP contribution in [0.4, 0.5) is 16.2 Å². The van der Waals surface area contributed by atoms with Gasteiger partial charge in [-0.3, -0.25) is 4.90 Å². The topological polar surface area (TPSA) is 35.6 Å². The van der Waals surface area contributed by atoms with Crippen LogP contribution in [0.25, 0.3) is 0 Å². The van der Waals surface area contributed by atoms with E-state index in [0.29, 0.717) is 0 Å². The van der Waals surface area contributed by atoms with Gasteiger partial charge in [-0.05, 0) is 25.0 Å². The molecule has 1 aromatic carbocycles. The number of amides is 2. The van der Waals surface area contributed by atoms with E-state index < -0.39 is 0 Å². The number of fused-ring (bicyclic) bond motifs is 1. The lowest BCUT2D eigenvalue weighted by molar-refractivity contribution is 0.246. The monoisotopic (exact) mass is 247 g/mol. The van der Waals surface area contributed by atoms with Gasteiger partial charge in [0, 0.05) is 26.7 Å². The van der Waals surface area contributed by atoms with Gasteiger partial charge < -0.3 is 10.2 Å². The van der Waals surface area contributed by atoms with Gasteiger partial charge in [-0.15, -0.1) is 0 Å². The first kappa shape index (κ1) is 12.7. The molecule has 0 aliphatic carbocycles. The summed E-state index contributed by atoms with van der Waals surface area (Å²) in [6.07, 6.45) is 1.95. The third-order valence-corrected chi connectivity index (χ3v) is 3.23. The zero-order valence-corrected chi connectivity index (χ0v) is 11.1. The molecule has 0 unspecified atom stereocenters. The van der Waals surface area contributed by atoms with E-state index >= 15 is 0 Å². The van der Waals surface area contributed by atoms with Crippen LogP contribution < -0.4 is 15.1 Å². The smallest absolute Gasteiger partial charge is 0.321 e. The van der Waals surface area contributed by atoms with E-state index in [4.69, 9.17) is 0 Å². The van der Waals surface area contributed by atoms with Crippen LogP contribution in [0.2, 0.25) is 0 Å². The molecule has 1 heterocycles. The van der Waals surface area contributed by atoms with E-state index in [2.05, 4.69) is 30.3 Å². The van der Waals surface area contributed by atoms with Gasteiger partial charge in [0.05, 0.1) is 11.4 Å². The number of nitrogens with zero attached hydrogens (tertiary/aromatic N) is 2. The summed E-state index contributed by atoms with van der Waals surface area (Å²) < 4.78 is 0. The maximum absolute atomic E-state index is 12.2. The molecule has 0 fully saturated rings. The van der Waals surface area contributed by atoms with Crippen LogP contribution in [0.5, 0.6) is 0 Å². The van der Waals surface area contributed by atoms with Crippen molar-refractivity contribution in [3.8, 4) is 0 Å². The minimum Gasteiger partial charge on any atom is -0.373 e. The molecule has 2 amide bonds. The average molecular weight is 247 g/mol. The molecule has 0 atom stereocenters. The predicted molar refractivity (Wildman–Crippen MR) is 75.4 cm³/mol. The van der Waals surface area contributed by atoms with Gasteiger partial charge in [0.25, 0.3) is 0 Å². The van der Waals surface area contributed by atoms with Crippen molar-refractivity contribution in [2.45, 2.75) is 19.8 Å². The van der Waals surface area contributed by atoms with Crippen LogP contribution in [0.3, 0.4) is 0 Å². The fourth-order valence-corrected chi connectivity index (χ4v) is 2.26. The summed E-state index contributed by atoms with van der Waals surface area (Å²) in [7, 11) is 2.08. The minimum atomic E-state index is 0.0135. The molecule has 4 heteroatoms. The molecule has 98 valence electrons. The summed E-state index contributed by atoms with van der Waals surface area (Å²) in [5.41, 5.74) is 2.13. The molecule has 1 aliphatic heterocycles. The molecule has 18 heavy (non-hydrogen) atoms. The fourth-order valence-electron chi connectivity index (χ4n) is 2.26. The Morgan fingerprint density at radius 2 is 2.00 bits per heavy atom. The Balaban J connectivity index is 2.25. The summed E-state index contributed by atoms with van der Waals surface area (Å²) in [4.78, 5) is 16.2. The maximum Gasteiger partial charge on any atom is 0.321 e. The third kappa shape index (κ3) is 2.58. The van der Waals surface area contributed by atoms with E-state index in [0.717, 1.165) is 43.9 Å². The van der Waals surface area contributed by atoms with Crippen molar-refractivity contribution in [1.29, 1.82) is 0 Å². The lowest BCUT2D eigenvalue weighted by atomic mass is 10.2. The number of nitrogens with one attached hydrogen (secondary N) is 1. The average Bonchev–Trinajstić information content (AvgIpc) is 2.56. The summed E-state index contributed by atoms with van der Waals surface area (Å²) in [5.74, 6) is 0. The molecule has 0 aromatic heterocycles. The zero-order valence-electron chi connectivity index (χ0n) is 11.1. The lowest BCUT2D eigenvalue weighted by Gasteiger charge is -2.24. The first-order chi connectivity index (χ1) is 8.74. The van der Waals surface area contributed by atoms with E-state index in [1.807, 2.05) is 23.1 Å². The largest absolute Gasteiger partial charge is 0.373 e. The van der Waals surface area contributed by atoms with Gasteiger partial charge in [0.2, 0.25) is 0 Å². The number of hydrogen-bond acceptors (Lipinski definition) is 2. The molecule has 4 nitrogen and oxygen atoms in total. The summed E-state index contributed by atoms with van der Waals surface area (Å²) >= 11 is 0. The highest BCUT2D eigenvalue weighted by Gasteiger charge is 2.22. The van der Waals surface area contributed by atoms with Gasteiger partial charge in [-0.25, -0.2) is 4.79 Å². The molecule has 0 saturated heterocycles. The van der Waals surface area contributed by atoms with Crippen LogP contribution in [-0.2, 0) is 0 Å². The van der Waals surface area contributed by atoms with E-state index in [9.17, 15) is 4.79 Å². The molecule has 1 aromatic rings. The Kier molecular flexibility index (Phi) is 4.07. The van der Waals surface area contributed by atoms with Crippen molar-refractivity contribution >= 4 is 17.4 Å². The normalized spacial score (nSPS) is 15.0. The van der Waals surface area contributed by atoms with Gasteiger partial charge >= 0.3 is 6.03 Å². The highest BCUT2D eigenvalue weighted by molar-refractivity contribution is 5.96. The van der Waals surface area contributed by atoms with E-state index in [-0.39, 0.29) is 6.03 Å². The predicted octanol–water partition coefficient (Wildman–Crippen LogP) is 2.45. The number of rotatable bonds is 2. The van der Waals surface area contributed by atoms with Crippen molar-refractivity contribution in [3.05, 3.63) is 24.3 Å². The van der Waals surface area contributed by atoms with Crippen molar-refractivity contribution in [2.24, 2.45) is 0 Å². The van der Waals surface area contributed by atoms with Gasteiger partial charge in [0.1, 0.15) is 0 Å². The van der Waals surface area contributed by atoms with Crippen LogP contribution in [0.1, 0.15) is 19.8 Å². The second kappa shape index (κ2) is 5.76. The molecule has 0 saturated carbocycles. The number of carbonyl (C=O) groups is 1. The van der Waals surface area contributed by atoms with Crippen molar-refractivity contribution in [1.82, 2.24) is 5.32 Å². The van der Waals surface area contributed by atoms with Gasteiger partial charge in [-0.2, -0.15) is 0 Å². The Morgan fingerprint density at radius 1 is 1.28 bits per heavy atom. The Bertz CT molecular complexity index is 419. The molecule has 0 bridgehead atoms. The van der Waals surface area contributed by atoms with Crippen LogP contribution in [0, 0.1) is 0 Å². The van der Waals surface area contributed by atoms with Gasteiger partial charge in [-0.1, -0.05) is 19.1 Å². The number of carbonyl (C=O) groups excluding carboxylic acids is 1. The summed E-state index contributed by atoms with van der Waals surface area (Å²) in [6.45, 7) is 4.54. The second-order valence-corrected chi connectivity index (χ2v) is 4.65. The SMILES string of the molecule is CCCNC(=O)N1CCCN(C)c2ccccc21. The summed E-state index contributed by atoms with van der Waals surface area (Å²) in [5, 5.41) is 2.95. The van der Waals surface area contributed by atoms with Crippen LogP contribution in [0.15, 0.2) is 24.3 Å². The van der Waals surface area contributed by atoms with Crippen LogP contribution >= 0.6 is 0 Å². The first-order valence-electron chi connectivity index (χ1n) is 6.59. The standard InChI is InChI=1S/C14H21N3O/c1-3-9-15-14(18)17-11-6-10-16(2)12-7-4-5-8-13(12)17/h4-5,7-8H,3,6,9-11H2,1-2H3,(H,15,18). The minimum absolute atomic E-state index is 0.0135. The van der Waals surface area contributed by atoms with Crippen molar-refractivity contribution in [3.63, 3.8) is 0 Å². The van der Waals surface area contributed by atoms with E-state index in [1.54, 1.807) is 0 Å². The van der Waals surface area contributed by atoms with Gasteiger partial charge in [0.15, 0.2) is 0 Å². The molecular formula is C14H21N3O. The molecule has 0 spiro atoms. The third-order valence-electron chi connectivity index (χ3n) is 3.23. The molecule has 2 rings (SSSR count). The fraction of sp³-hybridized carbons (Fsp3) is 0.500. The summed E-state index contributed by atoms with van der Waals surface area (Å²) in [6, 6.07) is 8.10. The van der Waals surface area contributed by atoms with Crippen molar-refractivity contribution in [2.75, 3.05) is 36.5 Å². The van der Waals surface area contributed by atoms with Crippen LogP contribution in [-0.4, -0.2) is 32.7 Å². The van der Waals surface area contributed by atoms with Crippen molar-refractivity contribution < 1.29 is 4.79 Å². The number of para-hydroxylation sites is 2. The Labute approximate surface area is 109 Å². The Morgan fingerprint density at radius 3 is 2.72 bits per heavy atom. The number of hydrogen-bond donors (Lipinski definition) is 1. The molecule has 1 aliphatic rings. The Hall–Kier alpha value is -1.71. The first-order valence-corrected chi connectivity index (χ1v) is 6.59. The number of urea groups is 1. The highest BCUT2D eigenvalue weighted by atomic mass is 16.2. The molecular weight excluding hydrogens is 226 g/mol. The second-order valence-electron chi connectivity index (χ2n) is 4.65. The maximum atomic E-state index is 12.2.